The van der Waals surface area contributed by atoms with Crippen molar-refractivity contribution in [3.63, 3.8) is 0 Å². The molecule has 0 saturated carbocycles. The van der Waals surface area contributed by atoms with Gasteiger partial charge >= 0.3 is 0 Å². The molecule has 6 heteroatoms. The Balaban J connectivity index is 1.67. The highest BCUT2D eigenvalue weighted by Crippen LogP contribution is 2.26. The number of aryl methyl sites for hydroxylation is 1. The molecule has 1 saturated heterocycles. The van der Waals surface area contributed by atoms with E-state index in [1.165, 1.54) is 30.6 Å². The second-order valence-electron chi connectivity index (χ2n) is 6.32. The van der Waals surface area contributed by atoms with Crippen LogP contribution in [0.4, 0.5) is 0 Å². The number of carbonyl (C=O) groups is 1. The van der Waals surface area contributed by atoms with Gasteiger partial charge in [-0.1, -0.05) is 19.8 Å². The van der Waals surface area contributed by atoms with Crippen molar-refractivity contribution in [1.82, 2.24) is 19.7 Å². The van der Waals surface area contributed by atoms with Gasteiger partial charge in [-0.3, -0.25) is 9.48 Å². The maximum atomic E-state index is 12.7. The molecule has 0 N–H and O–H groups in total. The van der Waals surface area contributed by atoms with Gasteiger partial charge in [-0.05, 0) is 25.2 Å². The van der Waals surface area contributed by atoms with Gasteiger partial charge in [0.15, 0.2) is 0 Å². The fraction of sp³-hybridized carbons (Fsp3) is 0.588. The normalized spacial score (nSPS) is 18.9. The molecule has 0 radical (unpaired) electrons. The van der Waals surface area contributed by atoms with Crippen LogP contribution in [-0.4, -0.2) is 38.7 Å². The molecule has 0 spiro atoms. The van der Waals surface area contributed by atoms with E-state index in [0.29, 0.717) is 5.69 Å². The van der Waals surface area contributed by atoms with Crippen LogP contribution >= 0.6 is 11.3 Å². The Hall–Kier alpha value is -1.69. The van der Waals surface area contributed by atoms with Gasteiger partial charge < -0.3 is 4.90 Å². The van der Waals surface area contributed by atoms with Crippen molar-refractivity contribution in [1.29, 1.82) is 0 Å². The van der Waals surface area contributed by atoms with E-state index in [2.05, 4.69) is 17.0 Å². The molecule has 0 aliphatic carbocycles. The van der Waals surface area contributed by atoms with Crippen LogP contribution in [0.15, 0.2) is 17.8 Å². The van der Waals surface area contributed by atoms with Crippen LogP contribution in [0, 0.1) is 5.92 Å². The molecule has 1 aliphatic rings. The first-order valence-corrected chi connectivity index (χ1v) is 9.29. The maximum absolute atomic E-state index is 12.7. The van der Waals surface area contributed by atoms with Crippen molar-refractivity contribution in [2.75, 3.05) is 13.1 Å². The summed E-state index contributed by atoms with van der Waals surface area (Å²) in [6.07, 6.45) is 9.70. The number of nitrogens with zero attached hydrogens (tertiary/aromatic N) is 4. The first kappa shape index (κ1) is 16.2. The third-order valence-corrected chi connectivity index (χ3v) is 5.40. The van der Waals surface area contributed by atoms with Gasteiger partial charge in [0.25, 0.3) is 5.91 Å². The van der Waals surface area contributed by atoms with Crippen molar-refractivity contribution in [2.24, 2.45) is 13.0 Å². The Morgan fingerprint density at radius 3 is 3.00 bits per heavy atom. The quantitative estimate of drug-likeness (QED) is 0.860. The van der Waals surface area contributed by atoms with Gasteiger partial charge in [0.1, 0.15) is 10.7 Å². The highest BCUT2D eigenvalue weighted by atomic mass is 32.1. The fourth-order valence-electron chi connectivity index (χ4n) is 3.26. The lowest BCUT2D eigenvalue weighted by Crippen LogP contribution is -2.32. The first-order chi connectivity index (χ1) is 11.2. The van der Waals surface area contributed by atoms with E-state index in [9.17, 15) is 4.79 Å². The summed E-state index contributed by atoms with van der Waals surface area (Å²) in [7, 11) is 1.88. The predicted octanol–water partition coefficient (Wildman–Crippen LogP) is 3.59. The molecule has 3 heterocycles. The lowest BCUT2D eigenvalue weighted by atomic mass is 9.96. The molecular formula is C17H24N4OS. The van der Waals surface area contributed by atoms with Crippen LogP contribution in [0.3, 0.4) is 0 Å². The summed E-state index contributed by atoms with van der Waals surface area (Å²) in [5.74, 6) is 0.854. The number of hydrogen-bond acceptors (Lipinski definition) is 4. The molecule has 124 valence electrons. The molecule has 1 amide bonds. The van der Waals surface area contributed by atoms with Gasteiger partial charge in [-0.25, -0.2) is 4.98 Å². The summed E-state index contributed by atoms with van der Waals surface area (Å²) in [6.45, 7) is 3.96. The Morgan fingerprint density at radius 1 is 1.39 bits per heavy atom. The highest BCUT2D eigenvalue weighted by Gasteiger charge is 2.23. The van der Waals surface area contributed by atoms with Crippen molar-refractivity contribution < 1.29 is 4.79 Å². The van der Waals surface area contributed by atoms with Crippen LogP contribution < -0.4 is 0 Å². The molecule has 0 aromatic carbocycles. The third-order valence-electron chi connectivity index (χ3n) is 4.51. The van der Waals surface area contributed by atoms with Gasteiger partial charge in [0.2, 0.25) is 0 Å². The second kappa shape index (κ2) is 7.25. The van der Waals surface area contributed by atoms with Crippen molar-refractivity contribution in [3.8, 4) is 10.6 Å². The third kappa shape index (κ3) is 3.80. The summed E-state index contributed by atoms with van der Waals surface area (Å²) in [5, 5.41) is 6.90. The van der Waals surface area contributed by atoms with E-state index in [-0.39, 0.29) is 5.91 Å². The average Bonchev–Trinajstić information content (AvgIpc) is 3.12. The number of hydrogen-bond donors (Lipinski definition) is 0. The molecule has 1 atom stereocenters. The zero-order valence-electron chi connectivity index (χ0n) is 13.9. The maximum Gasteiger partial charge on any atom is 0.273 e. The minimum atomic E-state index is 0.0774. The molecule has 0 bridgehead atoms. The van der Waals surface area contributed by atoms with Crippen molar-refractivity contribution in [3.05, 3.63) is 23.5 Å². The lowest BCUT2D eigenvalue weighted by molar-refractivity contribution is 0.0755. The topological polar surface area (TPSA) is 51.0 Å². The van der Waals surface area contributed by atoms with Gasteiger partial charge in [0, 0.05) is 37.3 Å². The monoisotopic (exact) mass is 332 g/mol. The Kier molecular flexibility index (Phi) is 5.10. The SMILES string of the molecule is CCCC1CCCN(C(=O)c2csc(-c3cnn(C)c3)n2)CC1. The van der Waals surface area contributed by atoms with Crippen molar-refractivity contribution in [2.45, 2.75) is 39.0 Å². The Labute approximate surface area is 141 Å². The summed E-state index contributed by atoms with van der Waals surface area (Å²) < 4.78 is 1.75. The van der Waals surface area contributed by atoms with Gasteiger partial charge in [-0.2, -0.15) is 5.10 Å². The van der Waals surface area contributed by atoms with E-state index < -0.39 is 0 Å². The van der Waals surface area contributed by atoms with Gasteiger partial charge in [0.05, 0.1) is 6.20 Å². The predicted molar refractivity (Wildman–Crippen MR) is 92.5 cm³/mol. The first-order valence-electron chi connectivity index (χ1n) is 8.41. The number of thiazole rings is 1. The zero-order valence-corrected chi connectivity index (χ0v) is 14.7. The lowest BCUT2D eigenvalue weighted by Gasteiger charge is -2.19. The van der Waals surface area contributed by atoms with Crippen molar-refractivity contribution >= 4 is 17.2 Å². The van der Waals surface area contributed by atoms with E-state index in [4.69, 9.17) is 0 Å². The molecule has 3 rings (SSSR count). The number of aromatic nitrogens is 3. The van der Waals surface area contributed by atoms with Gasteiger partial charge in [-0.15, -0.1) is 11.3 Å². The van der Waals surface area contributed by atoms with Crippen LogP contribution in [0.2, 0.25) is 0 Å². The minimum absolute atomic E-state index is 0.0774. The summed E-state index contributed by atoms with van der Waals surface area (Å²) in [4.78, 5) is 19.2. The molecule has 2 aromatic rings. The summed E-state index contributed by atoms with van der Waals surface area (Å²) in [5.41, 5.74) is 1.54. The Bertz CT molecular complexity index is 663. The summed E-state index contributed by atoms with van der Waals surface area (Å²) in [6, 6.07) is 0. The van der Waals surface area contributed by atoms with Crippen LogP contribution in [0.5, 0.6) is 0 Å². The van der Waals surface area contributed by atoms with Crippen LogP contribution in [0.1, 0.15) is 49.5 Å². The Morgan fingerprint density at radius 2 is 2.26 bits per heavy atom. The van der Waals surface area contributed by atoms with E-state index in [1.54, 1.807) is 10.9 Å². The molecule has 2 aromatic heterocycles. The molecule has 1 aliphatic heterocycles. The molecule has 23 heavy (non-hydrogen) atoms. The number of amides is 1. The minimum Gasteiger partial charge on any atom is -0.337 e. The summed E-state index contributed by atoms with van der Waals surface area (Å²) >= 11 is 1.51. The number of rotatable bonds is 4. The van der Waals surface area contributed by atoms with E-state index >= 15 is 0 Å². The largest absolute Gasteiger partial charge is 0.337 e. The number of carbonyl (C=O) groups excluding carboxylic acids is 1. The molecule has 1 unspecified atom stereocenters. The van der Waals surface area contributed by atoms with Crippen LogP contribution in [0.25, 0.3) is 10.6 Å². The number of likely N-dealkylation sites (tertiary alicyclic amines) is 1. The zero-order chi connectivity index (χ0) is 16.2. The van der Waals surface area contributed by atoms with Crippen LogP contribution in [-0.2, 0) is 7.05 Å². The van der Waals surface area contributed by atoms with E-state index in [1.807, 2.05) is 23.5 Å². The standard InChI is InChI=1S/C17H24N4OS/c1-3-5-13-6-4-8-21(9-7-13)17(22)15-12-23-16(19-15)14-10-18-20(2)11-14/h10-13H,3-9H2,1-2H3. The second-order valence-corrected chi connectivity index (χ2v) is 7.18. The average molecular weight is 332 g/mol. The van der Waals surface area contributed by atoms with E-state index in [0.717, 1.165) is 42.4 Å². The smallest absolute Gasteiger partial charge is 0.273 e. The molecular weight excluding hydrogens is 308 g/mol. The fourth-order valence-corrected chi connectivity index (χ4v) is 4.03. The molecule has 5 nitrogen and oxygen atoms in total. The molecule has 1 fully saturated rings. The highest BCUT2D eigenvalue weighted by molar-refractivity contribution is 7.13.